The SMILES string of the molecule is CC1CC2=C(NC(=O)O1)C([N+](=O)[O-])C(C)C(NS(=O)(=O)c1cccs1)C2. The molecule has 2 heterocycles. The number of rotatable bonds is 4. The van der Waals surface area contributed by atoms with E-state index in [4.69, 9.17) is 4.74 Å². The average Bonchev–Trinajstić information content (AvgIpc) is 3.02. The summed E-state index contributed by atoms with van der Waals surface area (Å²) >= 11 is 1.08. The lowest BCUT2D eigenvalue weighted by atomic mass is 9.79. The lowest BCUT2D eigenvalue weighted by Crippen LogP contribution is -2.51. The highest BCUT2D eigenvalue weighted by Gasteiger charge is 2.46. The molecule has 0 saturated carbocycles. The monoisotopic (exact) mass is 401 g/mol. The molecule has 0 fully saturated rings. The molecule has 3 rings (SSSR count). The fourth-order valence-corrected chi connectivity index (χ4v) is 5.78. The predicted octanol–water partition coefficient (Wildman–Crippen LogP) is 1.85. The summed E-state index contributed by atoms with van der Waals surface area (Å²) in [5.41, 5.74) is 0.866. The molecule has 2 aliphatic rings. The lowest BCUT2D eigenvalue weighted by molar-refractivity contribution is -0.523. The van der Waals surface area contributed by atoms with Gasteiger partial charge in [0.15, 0.2) is 0 Å². The third-order valence-electron chi connectivity index (χ3n) is 4.65. The van der Waals surface area contributed by atoms with Crippen LogP contribution in [0, 0.1) is 16.0 Å². The van der Waals surface area contributed by atoms with E-state index in [1.165, 1.54) is 6.07 Å². The van der Waals surface area contributed by atoms with Gasteiger partial charge >= 0.3 is 6.09 Å². The number of nitrogens with zero attached hydrogens (tertiary/aromatic N) is 1. The maximum Gasteiger partial charge on any atom is 0.411 e. The van der Waals surface area contributed by atoms with Crippen LogP contribution in [0.2, 0.25) is 0 Å². The van der Waals surface area contributed by atoms with E-state index in [0.29, 0.717) is 12.0 Å². The maximum atomic E-state index is 12.5. The summed E-state index contributed by atoms with van der Waals surface area (Å²) in [4.78, 5) is 23.0. The van der Waals surface area contributed by atoms with Crippen molar-refractivity contribution in [2.24, 2.45) is 5.92 Å². The van der Waals surface area contributed by atoms with Gasteiger partial charge < -0.3 is 4.74 Å². The summed E-state index contributed by atoms with van der Waals surface area (Å²) in [7, 11) is -3.77. The first kappa shape index (κ1) is 18.8. The van der Waals surface area contributed by atoms with E-state index < -0.39 is 45.1 Å². The molecule has 0 saturated heterocycles. The van der Waals surface area contributed by atoms with Gasteiger partial charge in [0.05, 0.1) is 5.70 Å². The van der Waals surface area contributed by atoms with Crippen molar-refractivity contribution in [2.75, 3.05) is 0 Å². The Hall–Kier alpha value is -1.98. The summed E-state index contributed by atoms with van der Waals surface area (Å²) in [6.45, 7) is 3.31. The molecule has 4 unspecified atom stereocenters. The summed E-state index contributed by atoms with van der Waals surface area (Å²) in [6.07, 6.45) is -0.570. The second-order valence-electron chi connectivity index (χ2n) is 6.52. The Bertz CT molecular complexity index is 849. The molecule has 4 atom stereocenters. The molecule has 142 valence electrons. The minimum absolute atomic E-state index is 0.160. The van der Waals surface area contributed by atoms with Crippen LogP contribution in [0.1, 0.15) is 26.7 Å². The third-order valence-corrected chi connectivity index (χ3v) is 7.54. The predicted molar refractivity (Wildman–Crippen MR) is 93.7 cm³/mol. The highest BCUT2D eigenvalue weighted by Crippen LogP contribution is 2.35. The Morgan fingerprint density at radius 2 is 2.12 bits per heavy atom. The molecule has 26 heavy (non-hydrogen) atoms. The number of ether oxygens (including phenoxy) is 1. The Kier molecular flexibility index (Phi) is 5.04. The minimum atomic E-state index is -3.77. The van der Waals surface area contributed by atoms with Crippen molar-refractivity contribution in [1.82, 2.24) is 10.0 Å². The molecule has 9 nitrogen and oxygen atoms in total. The molecule has 11 heteroatoms. The van der Waals surface area contributed by atoms with Crippen molar-refractivity contribution in [3.05, 3.63) is 38.9 Å². The van der Waals surface area contributed by atoms with Crippen LogP contribution in [-0.2, 0) is 14.8 Å². The van der Waals surface area contributed by atoms with Gasteiger partial charge in [-0.2, -0.15) is 0 Å². The van der Waals surface area contributed by atoms with Gasteiger partial charge in [0.25, 0.3) is 6.04 Å². The smallest absolute Gasteiger partial charge is 0.411 e. The van der Waals surface area contributed by atoms with Crippen molar-refractivity contribution in [1.29, 1.82) is 0 Å². The van der Waals surface area contributed by atoms with E-state index in [2.05, 4.69) is 10.0 Å². The van der Waals surface area contributed by atoms with E-state index in [1.807, 2.05) is 0 Å². The van der Waals surface area contributed by atoms with Crippen molar-refractivity contribution in [2.45, 2.75) is 49.1 Å². The topological polar surface area (TPSA) is 128 Å². The molecule has 1 aromatic rings. The van der Waals surface area contributed by atoms with Gasteiger partial charge in [-0.3, -0.25) is 15.4 Å². The van der Waals surface area contributed by atoms with Crippen LogP contribution in [-0.4, -0.2) is 37.6 Å². The van der Waals surface area contributed by atoms with E-state index >= 15 is 0 Å². The normalized spacial score (nSPS) is 29.4. The minimum Gasteiger partial charge on any atom is -0.446 e. The van der Waals surface area contributed by atoms with Gasteiger partial charge in [0, 0.05) is 23.3 Å². The van der Waals surface area contributed by atoms with Crippen LogP contribution in [0.5, 0.6) is 0 Å². The molecular weight excluding hydrogens is 382 g/mol. The van der Waals surface area contributed by atoms with Crippen molar-refractivity contribution >= 4 is 27.5 Å². The average molecular weight is 401 g/mol. The van der Waals surface area contributed by atoms with Crippen LogP contribution in [0.3, 0.4) is 0 Å². The molecular formula is C15H19N3O6S2. The largest absolute Gasteiger partial charge is 0.446 e. The van der Waals surface area contributed by atoms with E-state index in [1.54, 1.807) is 25.3 Å². The standard InChI is InChI=1S/C15H19N3O6S2/c1-8-6-10-7-11(17-26(22,23)12-4-3-5-25-12)9(2)14(18(20)21)13(10)16-15(19)24-8/h3-5,8-9,11,14,17H,6-7H2,1-2H3,(H,16,19). The third kappa shape index (κ3) is 3.60. The molecule has 0 spiro atoms. The maximum absolute atomic E-state index is 12.5. The van der Waals surface area contributed by atoms with E-state index in [0.717, 1.165) is 11.3 Å². The van der Waals surface area contributed by atoms with Gasteiger partial charge in [-0.05, 0) is 30.4 Å². The van der Waals surface area contributed by atoms with Crippen molar-refractivity contribution < 1.29 is 22.9 Å². The van der Waals surface area contributed by atoms with Crippen molar-refractivity contribution in [3.63, 3.8) is 0 Å². The van der Waals surface area contributed by atoms with Crippen LogP contribution in [0.15, 0.2) is 33.0 Å². The zero-order chi connectivity index (χ0) is 19.1. The first-order valence-corrected chi connectivity index (χ1v) is 10.4. The molecule has 2 N–H and O–H groups in total. The highest BCUT2D eigenvalue weighted by atomic mass is 32.2. The van der Waals surface area contributed by atoms with E-state index in [-0.39, 0.29) is 16.3 Å². The van der Waals surface area contributed by atoms with Crippen molar-refractivity contribution in [3.8, 4) is 0 Å². The summed E-state index contributed by atoms with van der Waals surface area (Å²) in [5, 5.41) is 15.8. The number of nitro groups is 1. The number of carbonyl (C=O) groups is 1. The molecule has 1 amide bonds. The van der Waals surface area contributed by atoms with Crippen LogP contribution in [0.4, 0.5) is 4.79 Å². The number of hydrogen-bond acceptors (Lipinski definition) is 7. The fourth-order valence-electron chi connectivity index (χ4n) is 3.44. The molecule has 0 aromatic carbocycles. The molecule has 1 aromatic heterocycles. The van der Waals surface area contributed by atoms with Crippen LogP contribution < -0.4 is 10.0 Å². The molecule has 0 bridgehead atoms. The van der Waals surface area contributed by atoms with E-state index in [9.17, 15) is 23.3 Å². The van der Waals surface area contributed by atoms with Gasteiger partial charge in [0.1, 0.15) is 10.3 Å². The van der Waals surface area contributed by atoms with Gasteiger partial charge in [-0.15, -0.1) is 11.3 Å². The number of carbonyl (C=O) groups excluding carboxylic acids is 1. The Morgan fingerprint density at radius 3 is 2.73 bits per heavy atom. The summed E-state index contributed by atoms with van der Waals surface area (Å²) in [5.74, 6) is -0.646. The van der Waals surface area contributed by atoms with Gasteiger partial charge in [0.2, 0.25) is 10.0 Å². The number of alkyl carbamates (subject to hydrolysis) is 1. The molecule has 0 radical (unpaired) electrons. The number of nitrogens with one attached hydrogen (secondary N) is 2. The first-order valence-electron chi connectivity index (χ1n) is 8.08. The second-order valence-corrected chi connectivity index (χ2v) is 9.40. The quantitative estimate of drug-likeness (QED) is 0.585. The zero-order valence-electron chi connectivity index (χ0n) is 14.2. The fraction of sp³-hybridized carbons (Fsp3) is 0.533. The van der Waals surface area contributed by atoms with Crippen LogP contribution >= 0.6 is 11.3 Å². The lowest BCUT2D eigenvalue weighted by Gasteiger charge is -2.34. The summed E-state index contributed by atoms with van der Waals surface area (Å²) < 4.78 is 33.0. The number of thiophene rings is 1. The highest BCUT2D eigenvalue weighted by molar-refractivity contribution is 7.91. The Morgan fingerprint density at radius 1 is 1.38 bits per heavy atom. The number of cyclic esters (lactones) is 1. The first-order chi connectivity index (χ1) is 12.2. The molecule has 1 aliphatic carbocycles. The summed E-state index contributed by atoms with van der Waals surface area (Å²) in [6, 6.07) is 1.24. The number of hydrogen-bond donors (Lipinski definition) is 2. The van der Waals surface area contributed by atoms with Gasteiger partial charge in [-0.1, -0.05) is 13.0 Å². The second kappa shape index (κ2) is 6.97. The van der Waals surface area contributed by atoms with Crippen LogP contribution in [0.25, 0.3) is 0 Å². The number of amides is 1. The Balaban J connectivity index is 1.95. The Labute approximate surface area is 154 Å². The zero-order valence-corrected chi connectivity index (χ0v) is 15.8. The molecule has 1 aliphatic heterocycles. The number of sulfonamides is 1. The van der Waals surface area contributed by atoms with Gasteiger partial charge in [-0.25, -0.2) is 17.9 Å².